The van der Waals surface area contributed by atoms with Gasteiger partial charge in [-0.05, 0) is 38.0 Å². The Morgan fingerprint density at radius 1 is 1.36 bits per heavy atom. The van der Waals surface area contributed by atoms with Crippen LogP contribution in [0.2, 0.25) is 0 Å². The molecule has 1 amide bonds. The molecule has 1 fully saturated rings. The van der Waals surface area contributed by atoms with E-state index < -0.39 is 5.82 Å². The summed E-state index contributed by atoms with van der Waals surface area (Å²) in [5.41, 5.74) is 9.75. The number of ether oxygens (including phenoxy) is 1. The van der Waals surface area contributed by atoms with Crippen LogP contribution < -0.4 is 11.1 Å². The van der Waals surface area contributed by atoms with E-state index in [4.69, 9.17) is 10.5 Å². The third-order valence-corrected chi connectivity index (χ3v) is 6.06. The normalized spacial score (nSPS) is 19.5. The highest BCUT2D eigenvalue weighted by Gasteiger charge is 2.26. The summed E-state index contributed by atoms with van der Waals surface area (Å²) in [4.78, 5) is 18.1. The molecule has 9 heteroatoms. The zero-order valence-corrected chi connectivity index (χ0v) is 19.3. The Labute approximate surface area is 193 Å². The minimum absolute atomic E-state index is 0.0268. The maximum absolute atomic E-state index is 15.0. The van der Waals surface area contributed by atoms with Crippen LogP contribution in [0.1, 0.15) is 39.7 Å². The summed E-state index contributed by atoms with van der Waals surface area (Å²) >= 11 is 0. The van der Waals surface area contributed by atoms with Crippen molar-refractivity contribution in [3.8, 4) is 11.1 Å². The zero-order chi connectivity index (χ0) is 23.5. The van der Waals surface area contributed by atoms with Crippen LogP contribution in [-0.4, -0.2) is 58.8 Å². The average molecular weight is 455 g/mol. The molecular weight excluding hydrogens is 423 g/mol. The lowest BCUT2D eigenvalue weighted by atomic mass is 10.0. The molecule has 176 valence electrons. The van der Waals surface area contributed by atoms with Crippen LogP contribution in [0.3, 0.4) is 0 Å². The van der Waals surface area contributed by atoms with Crippen molar-refractivity contribution in [2.45, 2.75) is 45.7 Å². The number of carbonyl (C=O) groups is 1. The van der Waals surface area contributed by atoms with Crippen molar-refractivity contribution in [2.75, 3.05) is 26.3 Å². The van der Waals surface area contributed by atoms with Gasteiger partial charge in [0.2, 0.25) is 5.91 Å². The Kier molecular flexibility index (Phi) is 6.78. The summed E-state index contributed by atoms with van der Waals surface area (Å²) in [6, 6.07) is 5.30. The molecule has 0 radical (unpaired) electrons. The second-order valence-electron chi connectivity index (χ2n) is 8.82. The second-order valence-corrected chi connectivity index (χ2v) is 8.82. The third kappa shape index (κ3) is 5.24. The molecule has 1 aromatic carbocycles. The Morgan fingerprint density at radius 3 is 2.82 bits per heavy atom. The smallest absolute Gasteiger partial charge is 0.219 e. The average Bonchev–Trinajstić information content (AvgIpc) is 3.47. The highest BCUT2D eigenvalue weighted by atomic mass is 19.1. The number of halogens is 1. The molecule has 2 aliphatic heterocycles. The summed E-state index contributed by atoms with van der Waals surface area (Å²) in [7, 11) is 0. The van der Waals surface area contributed by atoms with Crippen LogP contribution in [0.25, 0.3) is 11.1 Å². The van der Waals surface area contributed by atoms with E-state index in [1.165, 1.54) is 13.0 Å². The highest BCUT2D eigenvalue weighted by molar-refractivity contribution is 6.00. The van der Waals surface area contributed by atoms with E-state index in [-0.39, 0.29) is 29.5 Å². The minimum Gasteiger partial charge on any atom is -0.383 e. The number of amidine groups is 1. The number of nitrogens with two attached hydrogens (primary N) is 1. The second kappa shape index (κ2) is 9.74. The van der Waals surface area contributed by atoms with Crippen molar-refractivity contribution in [2.24, 2.45) is 10.7 Å². The minimum atomic E-state index is -0.466. The molecule has 1 saturated heterocycles. The van der Waals surface area contributed by atoms with E-state index in [0.717, 1.165) is 35.4 Å². The number of amides is 1. The number of nitrogens with one attached hydrogen (secondary N) is 1. The molecule has 0 saturated carbocycles. The van der Waals surface area contributed by atoms with Gasteiger partial charge in [0.25, 0.3) is 0 Å². The van der Waals surface area contributed by atoms with Gasteiger partial charge in [0.05, 0.1) is 25.4 Å². The van der Waals surface area contributed by atoms with Crippen molar-refractivity contribution >= 4 is 17.4 Å². The van der Waals surface area contributed by atoms with Gasteiger partial charge in [-0.15, -0.1) is 0 Å². The van der Waals surface area contributed by atoms with Crippen LogP contribution >= 0.6 is 0 Å². The van der Waals surface area contributed by atoms with Gasteiger partial charge < -0.3 is 20.7 Å². The van der Waals surface area contributed by atoms with E-state index in [2.05, 4.69) is 15.4 Å². The van der Waals surface area contributed by atoms with Crippen molar-refractivity contribution in [3.05, 3.63) is 47.7 Å². The third-order valence-electron chi connectivity index (χ3n) is 6.06. The van der Waals surface area contributed by atoms with E-state index in [9.17, 15) is 9.18 Å². The van der Waals surface area contributed by atoms with E-state index in [0.29, 0.717) is 26.1 Å². The molecule has 0 bridgehead atoms. The van der Waals surface area contributed by atoms with Crippen LogP contribution in [0.15, 0.2) is 46.9 Å². The first-order chi connectivity index (χ1) is 15.8. The molecule has 1 aromatic heterocycles. The number of carbonyl (C=O) groups excluding carboxylic acids is 1. The summed E-state index contributed by atoms with van der Waals surface area (Å²) in [5, 5.41) is 7.82. The Bertz CT molecular complexity index is 1080. The maximum atomic E-state index is 15.0. The Hall–Kier alpha value is -3.20. The fourth-order valence-electron chi connectivity index (χ4n) is 4.07. The van der Waals surface area contributed by atoms with Crippen LogP contribution in [-0.2, 0) is 9.53 Å². The number of aromatic nitrogens is 2. The van der Waals surface area contributed by atoms with Gasteiger partial charge in [-0.2, -0.15) is 5.10 Å². The van der Waals surface area contributed by atoms with Gasteiger partial charge in [-0.3, -0.25) is 9.48 Å². The van der Waals surface area contributed by atoms with E-state index in [1.807, 2.05) is 30.8 Å². The lowest BCUT2D eigenvalue weighted by Crippen LogP contribution is -2.43. The van der Waals surface area contributed by atoms with Gasteiger partial charge in [0.15, 0.2) is 0 Å². The molecule has 4 rings (SSSR count). The predicted molar refractivity (Wildman–Crippen MR) is 126 cm³/mol. The molecule has 1 atom stereocenters. The lowest BCUT2D eigenvalue weighted by molar-refractivity contribution is -0.128. The maximum Gasteiger partial charge on any atom is 0.219 e. The van der Waals surface area contributed by atoms with Crippen molar-refractivity contribution < 1.29 is 13.9 Å². The first kappa shape index (κ1) is 23.0. The van der Waals surface area contributed by atoms with Crippen LogP contribution in [0, 0.1) is 5.82 Å². The zero-order valence-electron chi connectivity index (χ0n) is 19.3. The SMILES string of the molecule is CC(=O)N1CCC(NC2CCOC2)=C(C(N)=Nc2ccc(-c3cnn(C(C)C)c3)cc2F)C1. The summed E-state index contributed by atoms with van der Waals surface area (Å²) in [5.74, 6) is -0.283. The lowest BCUT2D eigenvalue weighted by Gasteiger charge is -2.31. The molecule has 2 aromatic rings. The summed E-state index contributed by atoms with van der Waals surface area (Å²) in [6.45, 7) is 7.91. The standard InChI is InChI=1S/C24H31FN6O2/c1-15(2)31-12-18(11-27-31)17-4-5-23(21(25)10-17)29-24(26)20-13-30(16(3)32)8-6-22(20)28-19-7-9-33-14-19/h4-5,10-12,15,19,28H,6-9,13-14H2,1-3H3,(H2,26,29). The van der Waals surface area contributed by atoms with Gasteiger partial charge in [-0.1, -0.05) is 6.07 Å². The molecule has 8 nitrogen and oxygen atoms in total. The first-order valence-corrected chi connectivity index (χ1v) is 11.3. The predicted octanol–water partition coefficient (Wildman–Crippen LogP) is 3.14. The fraction of sp³-hybridized carbons (Fsp3) is 0.458. The molecule has 1 unspecified atom stereocenters. The quantitative estimate of drug-likeness (QED) is 0.516. The van der Waals surface area contributed by atoms with Crippen LogP contribution in [0.5, 0.6) is 0 Å². The summed E-state index contributed by atoms with van der Waals surface area (Å²) in [6.07, 6.45) is 5.17. The number of hydrogen-bond donors (Lipinski definition) is 2. The number of hydrogen-bond acceptors (Lipinski definition) is 5. The molecule has 33 heavy (non-hydrogen) atoms. The van der Waals surface area contributed by atoms with Gasteiger partial charge in [-0.25, -0.2) is 9.38 Å². The molecular formula is C24H31FN6O2. The van der Waals surface area contributed by atoms with Crippen molar-refractivity contribution in [1.29, 1.82) is 0 Å². The van der Waals surface area contributed by atoms with Gasteiger partial charge in [0, 0.05) is 55.6 Å². The molecule has 0 aliphatic carbocycles. The number of nitrogens with zero attached hydrogens (tertiary/aromatic N) is 4. The molecule has 0 spiro atoms. The Balaban J connectivity index is 1.61. The molecule has 3 heterocycles. The highest BCUT2D eigenvalue weighted by Crippen LogP contribution is 2.27. The van der Waals surface area contributed by atoms with Crippen molar-refractivity contribution in [1.82, 2.24) is 20.0 Å². The summed E-state index contributed by atoms with van der Waals surface area (Å²) < 4.78 is 22.2. The van der Waals surface area contributed by atoms with Crippen LogP contribution in [0.4, 0.5) is 10.1 Å². The van der Waals surface area contributed by atoms with E-state index >= 15 is 0 Å². The largest absolute Gasteiger partial charge is 0.383 e. The fourth-order valence-corrected chi connectivity index (χ4v) is 4.07. The Morgan fingerprint density at radius 2 is 2.18 bits per heavy atom. The molecule has 2 aliphatic rings. The molecule has 3 N–H and O–H groups in total. The van der Waals surface area contributed by atoms with Gasteiger partial charge in [0.1, 0.15) is 17.3 Å². The van der Waals surface area contributed by atoms with Gasteiger partial charge >= 0.3 is 0 Å². The first-order valence-electron chi connectivity index (χ1n) is 11.3. The van der Waals surface area contributed by atoms with Crippen molar-refractivity contribution in [3.63, 3.8) is 0 Å². The number of rotatable bonds is 6. The van der Waals surface area contributed by atoms with E-state index in [1.54, 1.807) is 17.2 Å². The topological polar surface area (TPSA) is 97.8 Å². The number of benzene rings is 1. The number of aliphatic imine (C=N–C) groups is 1. The monoisotopic (exact) mass is 454 g/mol.